The molecule has 0 unspecified atom stereocenters. The number of halogens is 7. The highest BCUT2D eigenvalue weighted by molar-refractivity contribution is 6.04. The van der Waals surface area contributed by atoms with Gasteiger partial charge in [-0.2, -0.15) is 30.7 Å². The van der Waals surface area contributed by atoms with Crippen molar-refractivity contribution in [3.8, 4) is 11.5 Å². The molecule has 1 rings (SSSR count). The van der Waals surface area contributed by atoms with Crippen molar-refractivity contribution < 1.29 is 45.0 Å². The van der Waals surface area contributed by atoms with Crippen molar-refractivity contribution in [1.82, 2.24) is 0 Å². The Morgan fingerprint density at radius 1 is 0.955 bits per heavy atom. The van der Waals surface area contributed by atoms with Gasteiger partial charge in [-0.15, -0.1) is 0 Å². The second kappa shape index (κ2) is 5.65. The minimum Gasteiger partial charge on any atom is -0.497 e. The van der Waals surface area contributed by atoms with E-state index in [0.29, 0.717) is 6.07 Å². The van der Waals surface area contributed by atoms with Gasteiger partial charge in [0, 0.05) is 6.07 Å². The molecule has 0 N–H and O–H groups in total. The molecule has 0 bridgehead atoms. The average Bonchev–Trinajstić information content (AvgIpc) is 2.44. The smallest absolute Gasteiger partial charge is 0.460 e. The third kappa shape index (κ3) is 2.81. The lowest BCUT2D eigenvalue weighted by Crippen LogP contribution is -2.56. The first-order chi connectivity index (χ1) is 9.90. The van der Waals surface area contributed by atoms with Crippen LogP contribution < -0.4 is 9.47 Å². The van der Waals surface area contributed by atoms with Crippen LogP contribution in [0.3, 0.4) is 0 Å². The van der Waals surface area contributed by atoms with Crippen LogP contribution in [0.25, 0.3) is 0 Å². The summed E-state index contributed by atoms with van der Waals surface area (Å²) in [6.45, 7) is 0. The Bertz CT molecular complexity index is 566. The van der Waals surface area contributed by atoms with E-state index in [9.17, 15) is 35.5 Å². The molecule has 0 radical (unpaired) electrons. The zero-order chi connectivity index (χ0) is 17.3. The van der Waals surface area contributed by atoms with Crippen molar-refractivity contribution >= 4 is 5.78 Å². The van der Waals surface area contributed by atoms with E-state index in [1.165, 1.54) is 7.11 Å². The topological polar surface area (TPSA) is 35.5 Å². The monoisotopic (exact) mass is 334 g/mol. The largest absolute Gasteiger partial charge is 0.497 e. The van der Waals surface area contributed by atoms with Crippen molar-refractivity contribution in [3.05, 3.63) is 23.8 Å². The van der Waals surface area contributed by atoms with Gasteiger partial charge in [-0.25, -0.2) is 0 Å². The number of Topliss-reactive ketones (excluding diaryl/α,β-unsaturated/α-hetero) is 1. The molecule has 10 heteroatoms. The third-order valence-electron chi connectivity index (χ3n) is 2.69. The van der Waals surface area contributed by atoms with E-state index in [4.69, 9.17) is 4.74 Å². The molecule has 0 aromatic heterocycles. The van der Waals surface area contributed by atoms with Gasteiger partial charge in [0.05, 0.1) is 19.8 Å². The number of methoxy groups -OCH3 is 2. The van der Waals surface area contributed by atoms with Crippen molar-refractivity contribution in [1.29, 1.82) is 0 Å². The van der Waals surface area contributed by atoms with Crippen LogP contribution in [0.15, 0.2) is 18.2 Å². The minimum absolute atomic E-state index is 0.0271. The lowest BCUT2D eigenvalue weighted by atomic mass is 9.99. The molecular formula is C12H9F7O3. The van der Waals surface area contributed by atoms with Crippen LogP contribution in [0.5, 0.6) is 11.5 Å². The lowest BCUT2D eigenvalue weighted by Gasteiger charge is -2.27. The summed E-state index contributed by atoms with van der Waals surface area (Å²) < 4.78 is 97.9. The molecule has 1 aromatic carbocycles. The molecule has 0 atom stereocenters. The van der Waals surface area contributed by atoms with Crippen LogP contribution in [0.4, 0.5) is 30.7 Å². The van der Waals surface area contributed by atoms with E-state index in [2.05, 4.69) is 4.74 Å². The molecule has 0 spiro atoms. The van der Waals surface area contributed by atoms with Crippen LogP contribution in [0.1, 0.15) is 10.4 Å². The Hall–Kier alpha value is -2.00. The van der Waals surface area contributed by atoms with Gasteiger partial charge >= 0.3 is 18.0 Å². The molecule has 1 aromatic rings. The summed E-state index contributed by atoms with van der Waals surface area (Å²) in [5.41, 5.74) is -1.13. The standard InChI is InChI=1S/C12H9F7O3/c1-21-6-3-4-7(8(5-6)22-2)9(20)10(13,14)11(15,16)12(17,18)19/h3-5H,1-2H3. The molecule has 0 amide bonds. The molecule has 0 aliphatic heterocycles. The predicted octanol–water partition coefficient (Wildman–Crippen LogP) is 3.72. The summed E-state index contributed by atoms with van der Waals surface area (Å²) in [6, 6.07) is 2.45. The van der Waals surface area contributed by atoms with Gasteiger partial charge < -0.3 is 9.47 Å². The third-order valence-corrected chi connectivity index (χ3v) is 2.69. The average molecular weight is 334 g/mol. The van der Waals surface area contributed by atoms with Crippen molar-refractivity contribution in [2.75, 3.05) is 14.2 Å². The molecule has 124 valence electrons. The zero-order valence-electron chi connectivity index (χ0n) is 11.1. The van der Waals surface area contributed by atoms with Gasteiger partial charge in [0.2, 0.25) is 5.78 Å². The number of carbonyl (C=O) groups is 1. The number of carbonyl (C=O) groups excluding carboxylic acids is 1. The summed E-state index contributed by atoms with van der Waals surface area (Å²) in [5.74, 6) is -15.8. The van der Waals surface area contributed by atoms with E-state index in [-0.39, 0.29) is 5.75 Å². The normalized spacial score (nSPS) is 13.0. The number of rotatable bonds is 5. The number of alkyl halides is 7. The summed E-state index contributed by atoms with van der Waals surface area (Å²) in [7, 11) is 2.11. The highest BCUT2D eigenvalue weighted by Crippen LogP contribution is 2.48. The summed E-state index contributed by atoms with van der Waals surface area (Å²) in [4.78, 5) is 11.5. The van der Waals surface area contributed by atoms with Crippen molar-refractivity contribution in [3.63, 3.8) is 0 Å². The summed E-state index contributed by atoms with van der Waals surface area (Å²) in [6.07, 6.45) is -6.59. The summed E-state index contributed by atoms with van der Waals surface area (Å²) in [5, 5.41) is 0. The zero-order valence-corrected chi connectivity index (χ0v) is 11.1. The quantitative estimate of drug-likeness (QED) is 0.608. The number of ketones is 1. The number of hydrogen-bond acceptors (Lipinski definition) is 3. The molecule has 0 fully saturated rings. The minimum atomic E-state index is -6.59. The first-order valence-corrected chi connectivity index (χ1v) is 5.49. The second-order valence-corrected chi connectivity index (χ2v) is 4.04. The number of ether oxygens (including phenoxy) is 2. The highest BCUT2D eigenvalue weighted by atomic mass is 19.4. The van der Waals surface area contributed by atoms with Gasteiger partial charge in [0.1, 0.15) is 11.5 Å². The maximum atomic E-state index is 13.4. The second-order valence-electron chi connectivity index (χ2n) is 4.04. The van der Waals surface area contributed by atoms with Crippen LogP contribution in [0, 0.1) is 0 Å². The van der Waals surface area contributed by atoms with E-state index in [1.54, 1.807) is 0 Å². The van der Waals surface area contributed by atoms with Gasteiger partial charge in [-0.1, -0.05) is 0 Å². The fourth-order valence-corrected chi connectivity index (χ4v) is 1.48. The first kappa shape index (κ1) is 18.1. The van der Waals surface area contributed by atoms with Crippen LogP contribution in [-0.2, 0) is 0 Å². The number of benzene rings is 1. The SMILES string of the molecule is COc1ccc(C(=O)C(F)(F)C(F)(F)C(F)(F)F)c(OC)c1. The molecule has 0 saturated carbocycles. The maximum Gasteiger partial charge on any atom is 0.460 e. The number of hydrogen-bond donors (Lipinski definition) is 0. The van der Waals surface area contributed by atoms with Gasteiger partial charge in [0.25, 0.3) is 0 Å². The van der Waals surface area contributed by atoms with E-state index >= 15 is 0 Å². The maximum absolute atomic E-state index is 13.4. The Morgan fingerprint density at radius 2 is 1.50 bits per heavy atom. The van der Waals surface area contributed by atoms with Crippen LogP contribution >= 0.6 is 0 Å². The Morgan fingerprint density at radius 3 is 1.91 bits per heavy atom. The molecule has 22 heavy (non-hydrogen) atoms. The lowest BCUT2D eigenvalue weighted by molar-refractivity contribution is -0.339. The molecule has 0 aliphatic carbocycles. The van der Waals surface area contributed by atoms with Gasteiger partial charge in [-0.05, 0) is 12.1 Å². The van der Waals surface area contributed by atoms with Crippen molar-refractivity contribution in [2.45, 2.75) is 18.0 Å². The van der Waals surface area contributed by atoms with Gasteiger partial charge in [-0.3, -0.25) is 4.79 Å². The van der Waals surface area contributed by atoms with Crippen LogP contribution in [0.2, 0.25) is 0 Å². The first-order valence-electron chi connectivity index (χ1n) is 5.49. The van der Waals surface area contributed by atoms with Crippen molar-refractivity contribution in [2.24, 2.45) is 0 Å². The molecule has 0 saturated heterocycles. The fraction of sp³-hybridized carbons (Fsp3) is 0.417. The fourth-order valence-electron chi connectivity index (χ4n) is 1.48. The summed E-state index contributed by atoms with van der Waals surface area (Å²) >= 11 is 0. The van der Waals surface area contributed by atoms with Gasteiger partial charge in [0.15, 0.2) is 0 Å². The molecule has 0 aliphatic rings. The highest BCUT2D eigenvalue weighted by Gasteiger charge is 2.76. The molecule has 3 nitrogen and oxygen atoms in total. The van der Waals surface area contributed by atoms with Crippen LogP contribution in [-0.4, -0.2) is 38.0 Å². The predicted molar refractivity (Wildman–Crippen MR) is 59.8 cm³/mol. The molecular weight excluding hydrogens is 325 g/mol. The molecule has 0 heterocycles. The Kier molecular flexibility index (Phi) is 4.64. The van der Waals surface area contributed by atoms with E-state index in [1.807, 2.05) is 0 Å². The Labute approximate surface area is 119 Å². The van der Waals surface area contributed by atoms with E-state index < -0.39 is 35.1 Å². The van der Waals surface area contributed by atoms with E-state index in [0.717, 1.165) is 19.2 Å². The Balaban J connectivity index is 3.36.